The number of hydrogen-bond donors (Lipinski definition) is 0. The second-order valence-electron chi connectivity index (χ2n) is 3.57. The van der Waals surface area contributed by atoms with E-state index in [1.165, 1.54) is 24.3 Å². The summed E-state index contributed by atoms with van der Waals surface area (Å²) >= 11 is 5.93. The Kier molecular flexibility index (Phi) is 3.49. The van der Waals surface area contributed by atoms with Gasteiger partial charge in [-0.05, 0) is 35.9 Å². The third-order valence-corrected chi connectivity index (χ3v) is 2.73. The highest BCUT2D eigenvalue weighted by atomic mass is 35.5. The van der Waals surface area contributed by atoms with Crippen LogP contribution in [0.3, 0.4) is 0 Å². The summed E-state index contributed by atoms with van der Waals surface area (Å²) in [4.78, 5) is 15.8. The van der Waals surface area contributed by atoms with E-state index in [9.17, 15) is 9.18 Å². The number of ketones is 1. The van der Waals surface area contributed by atoms with Gasteiger partial charge in [-0.25, -0.2) is 4.39 Å². The summed E-state index contributed by atoms with van der Waals surface area (Å²) in [6, 6.07) is 7.08. The third-order valence-electron chi connectivity index (χ3n) is 2.36. The van der Waals surface area contributed by atoms with Crippen LogP contribution in [-0.2, 0) is 6.42 Å². The fraction of sp³-hybridized carbons (Fsp3) is 0.0769. The molecular formula is C13H9ClFNO. The number of Topliss-reactive ketones (excluding diaryl/α,β-unsaturated/α-hetero) is 1. The average molecular weight is 250 g/mol. The largest absolute Gasteiger partial charge is 0.294 e. The zero-order valence-corrected chi connectivity index (χ0v) is 9.62. The number of carbonyl (C=O) groups is 1. The molecule has 0 aliphatic carbocycles. The van der Waals surface area contributed by atoms with Crippen molar-refractivity contribution >= 4 is 17.4 Å². The average Bonchev–Trinajstić information content (AvgIpc) is 2.33. The number of aromatic nitrogens is 1. The first kappa shape index (κ1) is 11.7. The molecule has 0 saturated carbocycles. The molecule has 0 bridgehead atoms. The van der Waals surface area contributed by atoms with Crippen LogP contribution in [0, 0.1) is 5.82 Å². The Bertz CT molecular complexity index is 539. The molecule has 17 heavy (non-hydrogen) atoms. The van der Waals surface area contributed by atoms with Gasteiger partial charge in [-0.1, -0.05) is 11.6 Å². The van der Waals surface area contributed by atoms with Gasteiger partial charge in [-0.3, -0.25) is 9.78 Å². The van der Waals surface area contributed by atoms with Crippen LogP contribution in [0.25, 0.3) is 0 Å². The summed E-state index contributed by atoms with van der Waals surface area (Å²) in [6.07, 6.45) is 3.29. The molecule has 0 unspecified atom stereocenters. The molecule has 0 aliphatic heterocycles. The monoisotopic (exact) mass is 249 g/mol. The van der Waals surface area contributed by atoms with Gasteiger partial charge in [0.25, 0.3) is 0 Å². The second-order valence-corrected chi connectivity index (χ2v) is 3.98. The van der Waals surface area contributed by atoms with E-state index >= 15 is 0 Å². The number of carbonyl (C=O) groups excluding carboxylic acids is 1. The van der Waals surface area contributed by atoms with Gasteiger partial charge in [0.05, 0.1) is 0 Å². The Hall–Kier alpha value is -1.74. The maximum absolute atomic E-state index is 12.7. The highest BCUT2D eigenvalue weighted by Crippen LogP contribution is 2.16. The minimum Gasteiger partial charge on any atom is -0.294 e. The maximum atomic E-state index is 12.7. The van der Waals surface area contributed by atoms with Crippen LogP contribution in [0.5, 0.6) is 0 Å². The molecule has 2 aromatic rings. The molecule has 1 heterocycles. The number of hydrogen-bond acceptors (Lipinski definition) is 2. The normalized spacial score (nSPS) is 10.2. The number of nitrogens with zero attached hydrogens (tertiary/aromatic N) is 1. The molecule has 0 amide bonds. The maximum Gasteiger partial charge on any atom is 0.167 e. The molecule has 0 N–H and O–H groups in total. The van der Waals surface area contributed by atoms with Gasteiger partial charge in [0.1, 0.15) is 5.82 Å². The van der Waals surface area contributed by atoms with E-state index in [-0.39, 0.29) is 18.0 Å². The summed E-state index contributed by atoms with van der Waals surface area (Å²) in [6.45, 7) is 0. The summed E-state index contributed by atoms with van der Waals surface area (Å²) in [7, 11) is 0. The van der Waals surface area contributed by atoms with E-state index in [2.05, 4.69) is 4.98 Å². The molecule has 2 rings (SSSR count). The SMILES string of the molecule is O=C(Cc1cnccc1Cl)c1ccc(F)cc1. The van der Waals surface area contributed by atoms with Crippen LogP contribution in [0.4, 0.5) is 4.39 Å². The summed E-state index contributed by atoms with van der Waals surface area (Å²) in [5.41, 5.74) is 1.13. The standard InChI is InChI=1S/C13H9ClFNO/c14-12-5-6-16-8-10(12)7-13(17)9-1-3-11(15)4-2-9/h1-6,8H,7H2. The molecule has 0 atom stereocenters. The number of pyridine rings is 1. The van der Waals surface area contributed by atoms with Gasteiger partial charge in [-0.2, -0.15) is 0 Å². The highest BCUT2D eigenvalue weighted by Gasteiger charge is 2.09. The van der Waals surface area contributed by atoms with Gasteiger partial charge in [0, 0.05) is 29.4 Å². The Balaban J connectivity index is 2.17. The zero-order chi connectivity index (χ0) is 12.3. The lowest BCUT2D eigenvalue weighted by Gasteiger charge is -2.03. The van der Waals surface area contributed by atoms with E-state index in [1.807, 2.05) is 0 Å². The molecule has 1 aromatic heterocycles. The molecular weight excluding hydrogens is 241 g/mol. The van der Waals surface area contributed by atoms with Crippen LogP contribution >= 0.6 is 11.6 Å². The van der Waals surface area contributed by atoms with Crippen molar-refractivity contribution < 1.29 is 9.18 Å². The van der Waals surface area contributed by atoms with Crippen molar-refractivity contribution in [2.45, 2.75) is 6.42 Å². The van der Waals surface area contributed by atoms with Crippen molar-refractivity contribution in [3.05, 3.63) is 64.7 Å². The van der Waals surface area contributed by atoms with Crippen molar-refractivity contribution in [2.75, 3.05) is 0 Å². The van der Waals surface area contributed by atoms with E-state index < -0.39 is 0 Å². The smallest absolute Gasteiger partial charge is 0.167 e. The predicted octanol–water partition coefficient (Wildman–Crippen LogP) is 3.30. The lowest BCUT2D eigenvalue weighted by molar-refractivity contribution is 0.0993. The van der Waals surface area contributed by atoms with Crippen LogP contribution in [0.2, 0.25) is 5.02 Å². The first-order chi connectivity index (χ1) is 8.16. The fourth-order valence-electron chi connectivity index (χ4n) is 1.45. The Morgan fingerprint density at radius 2 is 1.94 bits per heavy atom. The van der Waals surface area contributed by atoms with Gasteiger partial charge in [0.2, 0.25) is 0 Å². The van der Waals surface area contributed by atoms with E-state index in [0.29, 0.717) is 16.1 Å². The first-order valence-corrected chi connectivity index (χ1v) is 5.42. The molecule has 4 heteroatoms. The van der Waals surface area contributed by atoms with Crippen molar-refractivity contribution in [3.63, 3.8) is 0 Å². The van der Waals surface area contributed by atoms with E-state index in [0.717, 1.165) is 0 Å². The molecule has 0 spiro atoms. The molecule has 0 saturated heterocycles. The van der Waals surface area contributed by atoms with Crippen molar-refractivity contribution in [2.24, 2.45) is 0 Å². The van der Waals surface area contributed by atoms with Crippen molar-refractivity contribution in [1.82, 2.24) is 4.98 Å². The van der Waals surface area contributed by atoms with Gasteiger partial charge in [-0.15, -0.1) is 0 Å². The molecule has 0 radical (unpaired) electrons. The van der Waals surface area contributed by atoms with Crippen LogP contribution in [0.1, 0.15) is 15.9 Å². The molecule has 1 aromatic carbocycles. The quantitative estimate of drug-likeness (QED) is 0.782. The number of rotatable bonds is 3. The molecule has 2 nitrogen and oxygen atoms in total. The Morgan fingerprint density at radius 1 is 1.24 bits per heavy atom. The van der Waals surface area contributed by atoms with Gasteiger partial charge < -0.3 is 0 Å². The van der Waals surface area contributed by atoms with E-state index in [4.69, 9.17) is 11.6 Å². The fourth-order valence-corrected chi connectivity index (χ4v) is 1.62. The molecule has 86 valence electrons. The van der Waals surface area contributed by atoms with Gasteiger partial charge >= 0.3 is 0 Å². The molecule has 0 aliphatic rings. The van der Waals surface area contributed by atoms with E-state index in [1.54, 1.807) is 18.5 Å². The topological polar surface area (TPSA) is 30.0 Å². The number of benzene rings is 1. The minimum atomic E-state index is -0.360. The van der Waals surface area contributed by atoms with Crippen molar-refractivity contribution in [1.29, 1.82) is 0 Å². The summed E-state index contributed by atoms with van der Waals surface area (Å²) < 4.78 is 12.7. The van der Waals surface area contributed by atoms with Crippen LogP contribution in [-0.4, -0.2) is 10.8 Å². The zero-order valence-electron chi connectivity index (χ0n) is 8.86. The summed E-state index contributed by atoms with van der Waals surface area (Å²) in [5.74, 6) is -0.471. The van der Waals surface area contributed by atoms with Gasteiger partial charge in [0.15, 0.2) is 5.78 Å². The van der Waals surface area contributed by atoms with Crippen LogP contribution < -0.4 is 0 Å². The Labute approximate surface area is 103 Å². The van der Waals surface area contributed by atoms with Crippen molar-refractivity contribution in [3.8, 4) is 0 Å². The molecule has 0 fully saturated rings. The second kappa shape index (κ2) is 5.06. The van der Waals surface area contributed by atoms with Crippen LogP contribution in [0.15, 0.2) is 42.7 Å². The predicted molar refractivity (Wildman–Crippen MR) is 63.7 cm³/mol. The Morgan fingerprint density at radius 3 is 2.59 bits per heavy atom. The first-order valence-electron chi connectivity index (χ1n) is 5.04. The third kappa shape index (κ3) is 2.88. The number of halogens is 2. The summed E-state index contributed by atoms with van der Waals surface area (Å²) in [5, 5.41) is 0.510. The lowest BCUT2D eigenvalue weighted by Crippen LogP contribution is -2.04. The minimum absolute atomic E-state index is 0.111. The highest BCUT2D eigenvalue weighted by molar-refractivity contribution is 6.31. The lowest BCUT2D eigenvalue weighted by atomic mass is 10.0.